The topological polar surface area (TPSA) is 112 Å². The maximum Gasteiger partial charge on any atom is 0.455 e. The minimum Gasteiger partial charge on any atom is -0.504 e. The maximum absolute atomic E-state index is 14.4. The van der Waals surface area contributed by atoms with E-state index in [-0.39, 0.29) is 35.4 Å². The number of piperidine rings is 1. The van der Waals surface area contributed by atoms with Gasteiger partial charge in [0, 0.05) is 31.9 Å². The van der Waals surface area contributed by atoms with Crippen molar-refractivity contribution < 1.29 is 29.1 Å². The molecule has 0 bridgehead atoms. The zero-order valence-electron chi connectivity index (χ0n) is 30.1. The van der Waals surface area contributed by atoms with E-state index in [1.807, 2.05) is 30.3 Å². The Bertz CT molecular complexity index is 1850. The number of ether oxygens (including phenoxy) is 1. The van der Waals surface area contributed by atoms with Gasteiger partial charge in [0.15, 0.2) is 11.5 Å². The number of hydrogen-bond donors (Lipinski definition) is 2. The minimum atomic E-state index is -1.03. The normalized spacial score (nSPS) is 24.5. The Kier molecular flexibility index (Phi) is 11.2. The summed E-state index contributed by atoms with van der Waals surface area (Å²) in [6, 6.07) is 19.8. The molecule has 2 N–H and O–H groups in total. The van der Waals surface area contributed by atoms with E-state index in [2.05, 4.69) is 76.7 Å². The first kappa shape index (κ1) is 36.8. The predicted molar refractivity (Wildman–Crippen MR) is 210 cm³/mol. The van der Waals surface area contributed by atoms with Gasteiger partial charge >= 0.3 is 7.12 Å². The van der Waals surface area contributed by atoms with E-state index < -0.39 is 25.1 Å². The average Bonchev–Trinajstić information content (AvgIpc) is 3.40. The number of fused-ring (bicyclic) bond motifs is 3. The van der Waals surface area contributed by atoms with Gasteiger partial charge in [-0.15, -0.1) is 0 Å². The van der Waals surface area contributed by atoms with Crippen molar-refractivity contribution in [2.45, 2.75) is 71.0 Å². The van der Waals surface area contributed by atoms with Crippen molar-refractivity contribution in [2.24, 2.45) is 23.7 Å². The molecule has 1 aromatic heterocycles. The van der Waals surface area contributed by atoms with Gasteiger partial charge < -0.3 is 19.5 Å². The fourth-order valence-electron chi connectivity index (χ4n) is 8.96. The van der Waals surface area contributed by atoms with Crippen LogP contribution in [0.5, 0.6) is 11.5 Å². The molecule has 2 aromatic carbocycles. The molecule has 3 saturated heterocycles. The number of phenols is 1. The Morgan fingerprint density at radius 1 is 1.08 bits per heavy atom. The van der Waals surface area contributed by atoms with Crippen LogP contribution in [0.25, 0.3) is 11.6 Å². The van der Waals surface area contributed by atoms with Gasteiger partial charge in [-0.1, -0.05) is 55.8 Å². The van der Waals surface area contributed by atoms with Crippen LogP contribution in [0.3, 0.4) is 0 Å². The Balaban J connectivity index is 1.13. The molecule has 0 saturated carbocycles. The number of methoxy groups -OCH3 is 1. The molecule has 52 heavy (non-hydrogen) atoms. The molecule has 3 aromatic rings. The predicted octanol–water partition coefficient (Wildman–Crippen LogP) is 6.84. The van der Waals surface area contributed by atoms with Crippen LogP contribution in [0.15, 0.2) is 78.0 Å². The SMILES string of the molecule is COc1cc(/C=C(/CC[C@H]2OB(O)C[C@H]3C2=C(C(C)C)C[C@H]2C(=O)N(C4CCN(Cc5ccccc5)CC4)C(=O)[C@H]23)c2ccccn2)cc(I)c1O. The maximum atomic E-state index is 14.4. The second-order valence-electron chi connectivity index (χ2n) is 14.9. The van der Waals surface area contributed by atoms with Gasteiger partial charge in [0.05, 0.1) is 34.3 Å². The van der Waals surface area contributed by atoms with Crippen LogP contribution < -0.4 is 4.74 Å². The summed E-state index contributed by atoms with van der Waals surface area (Å²) >= 11 is 2.10. The van der Waals surface area contributed by atoms with E-state index in [9.17, 15) is 19.7 Å². The highest BCUT2D eigenvalue weighted by Gasteiger charge is 2.58. The number of allylic oxidation sites excluding steroid dienone is 2. The summed E-state index contributed by atoms with van der Waals surface area (Å²) in [5, 5.41) is 21.6. The lowest BCUT2D eigenvalue weighted by molar-refractivity contribution is -0.144. The molecular formula is C41H47BIN3O6. The fraction of sp³-hybridized carbons (Fsp3) is 0.439. The van der Waals surface area contributed by atoms with E-state index in [0.29, 0.717) is 34.9 Å². The van der Waals surface area contributed by atoms with E-state index in [1.165, 1.54) is 18.2 Å². The third-order valence-electron chi connectivity index (χ3n) is 11.4. The number of phenolic OH excluding ortho intramolecular Hbond substituents is 1. The quantitative estimate of drug-likeness (QED) is 0.0992. The Morgan fingerprint density at radius 3 is 2.52 bits per heavy atom. The summed E-state index contributed by atoms with van der Waals surface area (Å²) in [4.78, 5) is 37.3. The molecule has 0 radical (unpaired) electrons. The van der Waals surface area contributed by atoms with Crippen molar-refractivity contribution in [1.82, 2.24) is 14.8 Å². The molecule has 0 unspecified atom stereocenters. The van der Waals surface area contributed by atoms with Crippen molar-refractivity contribution in [1.29, 1.82) is 0 Å². The van der Waals surface area contributed by atoms with Gasteiger partial charge in [0.25, 0.3) is 0 Å². The van der Waals surface area contributed by atoms with E-state index in [1.54, 1.807) is 17.2 Å². The van der Waals surface area contributed by atoms with Gasteiger partial charge in [0.1, 0.15) is 0 Å². The standard InChI is InChI=1S/C41H47BIN3O6/c1-25(2)30-22-31-38(41(49)46(40(31)48)29-14-17-45(18-15-29)24-26-9-5-4-6-10-26)32-23-42(50)52-35(37(30)32)13-12-28(34-11-7-8-16-44-34)19-27-20-33(43)39(47)36(21-27)51-3/h4-11,16,19-21,25,29,31-32,35,38,47,50H,12-15,17-18,22-24H2,1-3H3/b28-19-/t31-,32+,35-,38-/m1/s1. The number of carbonyl (C=O) groups excluding carboxylic acids is 2. The number of nitrogens with zero attached hydrogens (tertiary/aromatic N) is 3. The monoisotopic (exact) mass is 815 g/mol. The third kappa shape index (κ3) is 7.47. The molecule has 1 aliphatic carbocycles. The molecule has 272 valence electrons. The highest BCUT2D eigenvalue weighted by atomic mass is 127. The largest absolute Gasteiger partial charge is 0.504 e. The van der Waals surface area contributed by atoms with Crippen LogP contribution >= 0.6 is 22.6 Å². The number of benzene rings is 2. The first-order valence-corrected chi connectivity index (χ1v) is 19.6. The molecule has 4 heterocycles. The minimum absolute atomic E-state index is 0.0365. The second kappa shape index (κ2) is 15.8. The number of carbonyl (C=O) groups is 2. The number of aromatic hydroxyl groups is 1. The molecule has 7 rings (SSSR count). The van der Waals surface area contributed by atoms with Gasteiger partial charge in [-0.25, -0.2) is 0 Å². The van der Waals surface area contributed by atoms with Crippen LogP contribution in [0, 0.1) is 27.2 Å². The van der Waals surface area contributed by atoms with Crippen molar-refractivity contribution in [3.8, 4) is 11.5 Å². The number of likely N-dealkylation sites (tertiary alicyclic amines) is 2. The molecule has 4 aliphatic rings. The van der Waals surface area contributed by atoms with Gasteiger partial charge in [-0.05, 0) is 125 Å². The van der Waals surface area contributed by atoms with Gasteiger partial charge in [-0.3, -0.25) is 24.4 Å². The first-order valence-electron chi connectivity index (χ1n) is 18.5. The summed E-state index contributed by atoms with van der Waals surface area (Å²) in [6.45, 7) is 6.86. The zero-order chi connectivity index (χ0) is 36.5. The number of halogens is 1. The number of imide groups is 1. The van der Waals surface area contributed by atoms with Crippen molar-refractivity contribution in [3.63, 3.8) is 0 Å². The van der Waals surface area contributed by atoms with Gasteiger partial charge in [-0.2, -0.15) is 0 Å². The van der Waals surface area contributed by atoms with Crippen LogP contribution in [-0.2, 0) is 20.8 Å². The van der Waals surface area contributed by atoms with Crippen LogP contribution in [-0.4, -0.2) is 76.2 Å². The zero-order valence-corrected chi connectivity index (χ0v) is 32.2. The molecule has 4 atom stereocenters. The lowest BCUT2D eigenvalue weighted by Gasteiger charge is -2.44. The number of amides is 2. The number of hydrogen-bond acceptors (Lipinski definition) is 8. The highest BCUT2D eigenvalue weighted by molar-refractivity contribution is 14.1. The number of aromatic nitrogens is 1. The Hall–Kier alpha value is -3.52. The smallest absolute Gasteiger partial charge is 0.455 e. The lowest BCUT2D eigenvalue weighted by atomic mass is 9.57. The summed E-state index contributed by atoms with van der Waals surface area (Å²) in [5.74, 6) is -0.582. The van der Waals surface area contributed by atoms with Crippen LogP contribution in [0.1, 0.15) is 62.8 Å². The molecule has 9 nitrogen and oxygen atoms in total. The lowest BCUT2D eigenvalue weighted by Crippen LogP contribution is -2.48. The summed E-state index contributed by atoms with van der Waals surface area (Å²) in [5.41, 5.74) is 6.22. The molecular weight excluding hydrogens is 768 g/mol. The third-order valence-corrected chi connectivity index (χ3v) is 12.2. The molecule has 0 spiro atoms. The van der Waals surface area contributed by atoms with Crippen LogP contribution in [0.2, 0.25) is 6.32 Å². The molecule has 3 aliphatic heterocycles. The fourth-order valence-corrected chi connectivity index (χ4v) is 9.58. The Labute approximate surface area is 320 Å². The van der Waals surface area contributed by atoms with Crippen LogP contribution in [0.4, 0.5) is 0 Å². The summed E-state index contributed by atoms with van der Waals surface area (Å²) < 4.78 is 12.4. The first-order chi connectivity index (χ1) is 25.1. The summed E-state index contributed by atoms with van der Waals surface area (Å²) in [6.07, 6.45) is 6.97. The highest BCUT2D eigenvalue weighted by Crippen LogP contribution is 2.53. The van der Waals surface area contributed by atoms with E-state index in [0.717, 1.165) is 54.9 Å². The Morgan fingerprint density at radius 2 is 1.83 bits per heavy atom. The van der Waals surface area contributed by atoms with Crippen molar-refractivity contribution in [3.05, 3.63) is 98.4 Å². The molecule has 11 heteroatoms. The molecule has 2 amide bonds. The number of rotatable bonds is 10. The second-order valence-corrected chi connectivity index (χ2v) is 16.1. The average molecular weight is 816 g/mol. The van der Waals surface area contributed by atoms with Crippen molar-refractivity contribution >= 4 is 53.2 Å². The van der Waals surface area contributed by atoms with E-state index >= 15 is 0 Å². The van der Waals surface area contributed by atoms with Crippen molar-refractivity contribution in [2.75, 3.05) is 20.2 Å². The summed E-state index contributed by atoms with van der Waals surface area (Å²) in [7, 11) is 0.502. The molecule has 3 fully saturated rings. The van der Waals surface area contributed by atoms with Gasteiger partial charge in [0.2, 0.25) is 11.8 Å². The number of pyridine rings is 1. The van der Waals surface area contributed by atoms with E-state index in [4.69, 9.17) is 9.39 Å².